The molecule has 1 aromatic carbocycles. The predicted molar refractivity (Wildman–Crippen MR) is 127 cm³/mol. The molecule has 1 aliphatic rings. The summed E-state index contributed by atoms with van der Waals surface area (Å²) in [5.74, 6) is 2.79. The molecule has 0 saturated carbocycles. The van der Waals surface area contributed by atoms with Crippen LogP contribution in [0, 0.1) is 0 Å². The third-order valence-electron chi connectivity index (χ3n) is 5.70. The number of hydrogen-bond donors (Lipinski definition) is 2. The highest BCUT2D eigenvalue weighted by Crippen LogP contribution is 2.27. The van der Waals surface area contributed by atoms with E-state index in [1.165, 1.54) is 0 Å². The zero-order valence-corrected chi connectivity index (χ0v) is 19.2. The van der Waals surface area contributed by atoms with Crippen molar-refractivity contribution < 1.29 is 14.6 Å². The van der Waals surface area contributed by atoms with Crippen molar-refractivity contribution in [1.82, 2.24) is 25.1 Å². The molecule has 9 heteroatoms. The van der Waals surface area contributed by atoms with E-state index in [2.05, 4.69) is 22.4 Å². The van der Waals surface area contributed by atoms with Crippen LogP contribution in [0.1, 0.15) is 19.8 Å². The minimum absolute atomic E-state index is 0.211. The number of aromatic nitrogens is 4. The first kappa shape index (κ1) is 23.2. The Morgan fingerprint density at radius 3 is 2.85 bits per heavy atom. The van der Waals surface area contributed by atoms with Crippen molar-refractivity contribution in [2.24, 2.45) is 0 Å². The van der Waals surface area contributed by atoms with Crippen molar-refractivity contribution in [1.29, 1.82) is 0 Å². The first-order chi connectivity index (χ1) is 16.1. The first-order valence-electron chi connectivity index (χ1n) is 11.5. The molecule has 0 bridgehead atoms. The molecule has 1 saturated heterocycles. The highest BCUT2D eigenvalue weighted by molar-refractivity contribution is 5.61. The maximum Gasteiger partial charge on any atom is 0.164 e. The second kappa shape index (κ2) is 11.2. The van der Waals surface area contributed by atoms with Crippen LogP contribution in [0.15, 0.2) is 48.8 Å². The monoisotopic (exact) mass is 452 g/mol. The third kappa shape index (κ3) is 6.07. The number of anilines is 1. The Morgan fingerprint density at radius 2 is 2.09 bits per heavy atom. The second-order valence-electron chi connectivity index (χ2n) is 8.11. The van der Waals surface area contributed by atoms with Crippen LogP contribution in [0.2, 0.25) is 0 Å². The molecule has 1 fully saturated rings. The summed E-state index contributed by atoms with van der Waals surface area (Å²) in [6.45, 7) is 5.04. The lowest BCUT2D eigenvalue weighted by Gasteiger charge is -2.32. The summed E-state index contributed by atoms with van der Waals surface area (Å²) in [5.41, 5.74) is 0.837. The van der Waals surface area contributed by atoms with Gasteiger partial charge in [-0.25, -0.2) is 14.6 Å². The molecule has 0 radical (unpaired) electrons. The van der Waals surface area contributed by atoms with Gasteiger partial charge in [0, 0.05) is 56.9 Å². The average Bonchev–Trinajstić information content (AvgIpc) is 3.41. The highest BCUT2D eigenvalue weighted by atomic mass is 16.5. The van der Waals surface area contributed by atoms with Crippen LogP contribution in [0.3, 0.4) is 0 Å². The van der Waals surface area contributed by atoms with Gasteiger partial charge in [-0.1, -0.05) is 19.1 Å². The van der Waals surface area contributed by atoms with Gasteiger partial charge in [0.15, 0.2) is 11.6 Å². The number of ether oxygens (including phenoxy) is 2. The van der Waals surface area contributed by atoms with E-state index in [1.54, 1.807) is 10.9 Å². The van der Waals surface area contributed by atoms with Crippen LogP contribution in [-0.2, 0) is 4.74 Å². The highest BCUT2D eigenvalue weighted by Gasteiger charge is 2.21. The van der Waals surface area contributed by atoms with E-state index in [0.29, 0.717) is 30.0 Å². The molecular weight excluding hydrogens is 420 g/mol. The molecule has 33 heavy (non-hydrogen) atoms. The third-order valence-corrected chi connectivity index (χ3v) is 5.70. The molecule has 2 aromatic heterocycles. The molecule has 2 N–H and O–H groups in total. The molecular formula is C24H32N6O3. The fraction of sp³-hybridized carbons (Fsp3) is 0.458. The Kier molecular flexibility index (Phi) is 7.87. The lowest BCUT2D eigenvalue weighted by Crippen LogP contribution is -2.37. The molecule has 0 spiro atoms. The van der Waals surface area contributed by atoms with Gasteiger partial charge in [-0.15, -0.1) is 0 Å². The van der Waals surface area contributed by atoms with E-state index in [4.69, 9.17) is 19.4 Å². The van der Waals surface area contributed by atoms with Crippen LogP contribution in [0.5, 0.6) is 5.75 Å². The number of likely N-dealkylation sites (N-methyl/N-ethyl adjacent to an activating group) is 1. The van der Waals surface area contributed by atoms with Gasteiger partial charge in [-0.05, 0) is 37.6 Å². The normalized spacial score (nSPS) is 15.4. The van der Waals surface area contributed by atoms with Crippen molar-refractivity contribution in [3.05, 3.63) is 48.8 Å². The standard InChI is InChI=1S/C24H32N6O3/c1-3-25-16-20(31)17-33-21-7-4-6-18(14-21)24-27-22(29(2)19-8-12-32-13-9-19)15-23(28-24)30-11-5-10-26-30/h4-7,10-11,14-15,19-20,25,31H,3,8-9,12-13,16-17H2,1-2H3. The predicted octanol–water partition coefficient (Wildman–Crippen LogP) is 2.29. The maximum absolute atomic E-state index is 10.1. The van der Waals surface area contributed by atoms with Crippen molar-refractivity contribution >= 4 is 5.82 Å². The topological polar surface area (TPSA) is 97.6 Å². The van der Waals surface area contributed by atoms with Crippen molar-refractivity contribution in [2.75, 3.05) is 44.9 Å². The first-order valence-corrected chi connectivity index (χ1v) is 11.5. The Bertz CT molecular complexity index is 1010. The van der Waals surface area contributed by atoms with Crippen LogP contribution in [0.4, 0.5) is 5.82 Å². The number of nitrogens with one attached hydrogen (secondary N) is 1. The zero-order valence-electron chi connectivity index (χ0n) is 19.2. The maximum atomic E-state index is 10.1. The Hall–Kier alpha value is -3.01. The van der Waals surface area contributed by atoms with Crippen molar-refractivity contribution in [2.45, 2.75) is 31.9 Å². The molecule has 1 atom stereocenters. The Balaban J connectivity index is 1.60. The molecule has 9 nitrogen and oxygen atoms in total. The van der Waals surface area contributed by atoms with Gasteiger partial charge in [0.25, 0.3) is 0 Å². The molecule has 1 aliphatic heterocycles. The van der Waals surface area contributed by atoms with Crippen LogP contribution < -0.4 is 15.0 Å². The van der Waals surface area contributed by atoms with E-state index < -0.39 is 6.10 Å². The smallest absolute Gasteiger partial charge is 0.164 e. The number of aliphatic hydroxyl groups excluding tert-OH is 1. The summed E-state index contributed by atoms with van der Waals surface area (Å²) >= 11 is 0. The summed E-state index contributed by atoms with van der Waals surface area (Å²) in [6.07, 6.45) is 4.95. The van der Waals surface area contributed by atoms with E-state index in [1.807, 2.05) is 49.5 Å². The summed E-state index contributed by atoms with van der Waals surface area (Å²) in [6, 6.07) is 11.8. The fourth-order valence-corrected chi connectivity index (χ4v) is 3.80. The summed E-state index contributed by atoms with van der Waals surface area (Å²) < 4.78 is 13.1. The number of hydrogen-bond acceptors (Lipinski definition) is 8. The molecule has 0 aliphatic carbocycles. The fourth-order valence-electron chi connectivity index (χ4n) is 3.80. The number of nitrogens with zero attached hydrogens (tertiary/aromatic N) is 5. The van der Waals surface area contributed by atoms with Crippen molar-refractivity contribution in [3.63, 3.8) is 0 Å². The van der Waals surface area contributed by atoms with E-state index in [0.717, 1.165) is 44.0 Å². The molecule has 4 rings (SSSR count). The average molecular weight is 453 g/mol. The summed E-state index contributed by atoms with van der Waals surface area (Å²) in [7, 11) is 2.07. The van der Waals surface area contributed by atoms with Gasteiger partial charge in [0.05, 0.1) is 0 Å². The van der Waals surface area contributed by atoms with Gasteiger partial charge in [-0.3, -0.25) is 0 Å². The quantitative estimate of drug-likeness (QED) is 0.484. The zero-order chi connectivity index (χ0) is 23.0. The van der Waals surface area contributed by atoms with Crippen LogP contribution >= 0.6 is 0 Å². The minimum Gasteiger partial charge on any atom is -0.491 e. The lowest BCUT2D eigenvalue weighted by molar-refractivity contribution is 0.0853. The number of rotatable bonds is 10. The molecule has 3 heterocycles. The molecule has 0 amide bonds. The Labute approximate surface area is 194 Å². The van der Waals surface area contributed by atoms with Gasteiger partial charge in [-0.2, -0.15) is 5.10 Å². The molecule has 176 valence electrons. The summed E-state index contributed by atoms with van der Waals surface area (Å²) in [4.78, 5) is 11.9. The van der Waals surface area contributed by atoms with Gasteiger partial charge >= 0.3 is 0 Å². The van der Waals surface area contributed by atoms with Crippen LogP contribution in [0.25, 0.3) is 17.2 Å². The molecule has 1 unspecified atom stereocenters. The van der Waals surface area contributed by atoms with Gasteiger partial charge < -0.3 is 24.8 Å². The molecule has 3 aromatic rings. The van der Waals surface area contributed by atoms with E-state index in [-0.39, 0.29) is 6.61 Å². The SMILES string of the molecule is CCNCC(O)COc1cccc(-c2nc(N(C)C3CCOCC3)cc(-n3cccn3)n2)c1. The van der Waals surface area contributed by atoms with E-state index in [9.17, 15) is 5.11 Å². The van der Waals surface area contributed by atoms with E-state index >= 15 is 0 Å². The van der Waals surface area contributed by atoms with Gasteiger partial charge in [0.2, 0.25) is 0 Å². The second-order valence-corrected chi connectivity index (χ2v) is 8.11. The number of benzene rings is 1. The van der Waals surface area contributed by atoms with Crippen molar-refractivity contribution in [3.8, 4) is 23.0 Å². The van der Waals surface area contributed by atoms with Gasteiger partial charge in [0.1, 0.15) is 24.3 Å². The lowest BCUT2D eigenvalue weighted by atomic mass is 10.1. The number of aliphatic hydroxyl groups is 1. The Morgan fingerprint density at radius 1 is 1.24 bits per heavy atom. The minimum atomic E-state index is -0.576. The van der Waals surface area contributed by atoms with Crippen LogP contribution in [-0.4, -0.2) is 77.0 Å². The summed E-state index contributed by atoms with van der Waals surface area (Å²) in [5, 5.41) is 17.5. The largest absolute Gasteiger partial charge is 0.491 e.